The van der Waals surface area contributed by atoms with Crippen LogP contribution in [0.4, 0.5) is 5.69 Å². The Bertz CT molecular complexity index is 575. The van der Waals surface area contributed by atoms with Crippen LogP contribution in [0, 0.1) is 0 Å². The van der Waals surface area contributed by atoms with E-state index in [1.54, 1.807) is 0 Å². The minimum atomic E-state index is -0.522. The predicted octanol–water partition coefficient (Wildman–Crippen LogP) is 0.861. The number of nitrogens with one attached hydrogen (secondary N) is 1. The number of hydrogen-bond donors (Lipinski definition) is 2. The van der Waals surface area contributed by atoms with Crippen LogP contribution in [0.1, 0.15) is 25.7 Å². The van der Waals surface area contributed by atoms with Crippen molar-refractivity contribution in [1.29, 1.82) is 0 Å². The minimum Gasteiger partial charge on any atom is -0.468 e. The Kier molecular flexibility index (Phi) is 5.35. The number of anilines is 1. The molecule has 1 aliphatic rings. The molecular formula is C13H19BrN4O3. The molecule has 1 heterocycles. The fourth-order valence-corrected chi connectivity index (χ4v) is 2.83. The number of methoxy groups -OCH3 is 1. The summed E-state index contributed by atoms with van der Waals surface area (Å²) in [5.41, 5.74) is 6.31. The molecule has 0 bridgehead atoms. The second kappa shape index (κ2) is 7.04. The van der Waals surface area contributed by atoms with E-state index in [0.717, 1.165) is 30.4 Å². The first kappa shape index (κ1) is 16.0. The van der Waals surface area contributed by atoms with Crippen LogP contribution >= 0.6 is 15.9 Å². The van der Waals surface area contributed by atoms with Gasteiger partial charge >= 0.3 is 5.97 Å². The van der Waals surface area contributed by atoms with Crippen molar-refractivity contribution in [2.75, 3.05) is 12.4 Å². The van der Waals surface area contributed by atoms with E-state index in [1.807, 2.05) is 0 Å². The zero-order chi connectivity index (χ0) is 15.4. The summed E-state index contributed by atoms with van der Waals surface area (Å²) < 4.78 is 5.93. The highest BCUT2D eigenvalue weighted by Gasteiger charge is 2.23. The molecule has 7 nitrogen and oxygen atoms in total. The normalized spacial score (nSPS) is 21.9. The van der Waals surface area contributed by atoms with E-state index >= 15 is 0 Å². The van der Waals surface area contributed by atoms with Crippen LogP contribution in [-0.2, 0) is 16.1 Å². The van der Waals surface area contributed by atoms with Crippen LogP contribution in [0.2, 0.25) is 0 Å². The topological polar surface area (TPSA) is 99.2 Å². The molecule has 0 amide bonds. The first-order chi connectivity index (χ1) is 10.0. The summed E-state index contributed by atoms with van der Waals surface area (Å²) in [5.74, 6) is -0.522. The average molecular weight is 359 g/mol. The number of carbonyl (C=O) groups excluding carboxylic acids is 1. The third-order valence-corrected chi connectivity index (χ3v) is 4.42. The van der Waals surface area contributed by atoms with E-state index in [2.05, 4.69) is 31.1 Å². The second-order valence-electron chi connectivity index (χ2n) is 5.11. The molecule has 3 N–H and O–H groups in total. The molecule has 0 saturated heterocycles. The molecule has 21 heavy (non-hydrogen) atoms. The second-order valence-corrected chi connectivity index (χ2v) is 5.90. The maximum atomic E-state index is 12.1. The molecule has 1 aromatic heterocycles. The first-order valence-electron chi connectivity index (χ1n) is 6.87. The van der Waals surface area contributed by atoms with Crippen molar-refractivity contribution in [1.82, 2.24) is 9.78 Å². The molecule has 1 fully saturated rings. The number of rotatable bonds is 4. The molecule has 2 atom stereocenters. The van der Waals surface area contributed by atoms with Crippen molar-refractivity contribution in [2.24, 2.45) is 5.73 Å². The standard InChI is InChI=1S/C13H19BrN4O3/c1-21-11(19)7-18-13(20)12(14)10(6-16-18)17-9-5-3-2-4-8(9)15/h6,8-9,17H,2-5,7,15H2,1H3. The molecule has 0 aliphatic heterocycles. The van der Waals surface area contributed by atoms with Crippen LogP contribution in [0.15, 0.2) is 15.5 Å². The minimum absolute atomic E-state index is 0.0724. The van der Waals surface area contributed by atoms with Crippen molar-refractivity contribution < 1.29 is 9.53 Å². The Hall–Kier alpha value is -1.41. The Balaban J connectivity index is 2.16. The largest absolute Gasteiger partial charge is 0.468 e. The van der Waals surface area contributed by atoms with Crippen molar-refractivity contribution in [3.05, 3.63) is 21.0 Å². The van der Waals surface area contributed by atoms with Gasteiger partial charge < -0.3 is 15.8 Å². The predicted molar refractivity (Wildman–Crippen MR) is 82.1 cm³/mol. The fraction of sp³-hybridized carbons (Fsp3) is 0.615. The quantitative estimate of drug-likeness (QED) is 0.774. The number of halogens is 1. The highest BCUT2D eigenvalue weighted by atomic mass is 79.9. The average Bonchev–Trinajstić information content (AvgIpc) is 2.48. The summed E-state index contributed by atoms with van der Waals surface area (Å²) in [6.45, 7) is -0.211. The smallest absolute Gasteiger partial charge is 0.327 e. The Morgan fingerprint density at radius 1 is 1.57 bits per heavy atom. The number of carbonyl (C=O) groups is 1. The molecule has 0 aromatic carbocycles. The number of ether oxygens (including phenoxy) is 1. The van der Waals surface area contributed by atoms with E-state index in [0.29, 0.717) is 10.2 Å². The van der Waals surface area contributed by atoms with E-state index < -0.39 is 5.97 Å². The third-order valence-electron chi connectivity index (χ3n) is 3.65. The monoisotopic (exact) mass is 358 g/mol. The maximum Gasteiger partial charge on any atom is 0.327 e. The highest BCUT2D eigenvalue weighted by molar-refractivity contribution is 9.10. The number of esters is 1. The van der Waals surface area contributed by atoms with Crippen LogP contribution in [-0.4, -0.2) is 34.9 Å². The summed E-state index contributed by atoms with van der Waals surface area (Å²) in [6.07, 6.45) is 5.73. The Morgan fingerprint density at radius 3 is 2.95 bits per heavy atom. The number of aromatic nitrogens is 2. The van der Waals surface area contributed by atoms with Crippen LogP contribution in [0.3, 0.4) is 0 Å². The van der Waals surface area contributed by atoms with Gasteiger partial charge in [0.1, 0.15) is 11.0 Å². The van der Waals surface area contributed by atoms with Gasteiger partial charge in [-0.3, -0.25) is 9.59 Å². The van der Waals surface area contributed by atoms with Crippen molar-refractivity contribution >= 4 is 27.6 Å². The molecule has 1 aliphatic carbocycles. The summed E-state index contributed by atoms with van der Waals surface area (Å²) in [4.78, 5) is 23.4. The lowest BCUT2D eigenvalue weighted by atomic mass is 9.91. The van der Waals surface area contributed by atoms with Crippen LogP contribution < -0.4 is 16.6 Å². The molecule has 116 valence electrons. The van der Waals surface area contributed by atoms with Gasteiger partial charge in [-0.05, 0) is 28.8 Å². The zero-order valence-corrected chi connectivity index (χ0v) is 13.4. The summed E-state index contributed by atoms with van der Waals surface area (Å²) in [5, 5.41) is 7.26. The number of nitrogens with zero attached hydrogens (tertiary/aromatic N) is 2. The summed E-state index contributed by atoms with van der Waals surface area (Å²) >= 11 is 3.26. The van der Waals surface area contributed by atoms with Gasteiger partial charge in [0.25, 0.3) is 5.56 Å². The van der Waals surface area contributed by atoms with Gasteiger partial charge in [0.2, 0.25) is 0 Å². The maximum absolute atomic E-state index is 12.1. The lowest BCUT2D eigenvalue weighted by Gasteiger charge is -2.30. The lowest BCUT2D eigenvalue weighted by Crippen LogP contribution is -2.43. The van der Waals surface area contributed by atoms with Gasteiger partial charge in [-0.2, -0.15) is 5.10 Å². The van der Waals surface area contributed by atoms with Gasteiger partial charge in [-0.15, -0.1) is 0 Å². The van der Waals surface area contributed by atoms with Crippen molar-refractivity contribution in [3.8, 4) is 0 Å². The summed E-state index contributed by atoms with van der Waals surface area (Å²) in [6, 6.07) is 0.204. The van der Waals surface area contributed by atoms with Gasteiger partial charge in [-0.1, -0.05) is 12.8 Å². The zero-order valence-electron chi connectivity index (χ0n) is 11.8. The Morgan fingerprint density at radius 2 is 2.29 bits per heavy atom. The van der Waals surface area contributed by atoms with Gasteiger partial charge in [-0.25, -0.2) is 4.68 Å². The van der Waals surface area contributed by atoms with E-state index in [9.17, 15) is 9.59 Å². The molecule has 2 unspecified atom stereocenters. The molecule has 1 saturated carbocycles. The van der Waals surface area contributed by atoms with Crippen molar-refractivity contribution in [2.45, 2.75) is 44.3 Å². The molecule has 1 aromatic rings. The van der Waals surface area contributed by atoms with E-state index in [-0.39, 0.29) is 24.2 Å². The molecule has 0 spiro atoms. The first-order valence-corrected chi connectivity index (χ1v) is 7.66. The highest BCUT2D eigenvalue weighted by Crippen LogP contribution is 2.23. The lowest BCUT2D eigenvalue weighted by molar-refractivity contribution is -0.141. The van der Waals surface area contributed by atoms with Crippen molar-refractivity contribution in [3.63, 3.8) is 0 Å². The SMILES string of the molecule is COC(=O)Cn1ncc(NC2CCCCC2N)c(Br)c1=O. The van der Waals surface area contributed by atoms with Crippen LogP contribution in [0.25, 0.3) is 0 Å². The Labute approximate surface area is 131 Å². The molecule has 8 heteroatoms. The fourth-order valence-electron chi connectivity index (χ4n) is 2.40. The molecular weight excluding hydrogens is 340 g/mol. The molecule has 0 radical (unpaired) electrons. The number of nitrogens with two attached hydrogens (primary N) is 1. The number of hydrogen-bond acceptors (Lipinski definition) is 6. The third kappa shape index (κ3) is 3.82. The molecule has 2 rings (SSSR count). The van der Waals surface area contributed by atoms with Crippen LogP contribution in [0.5, 0.6) is 0 Å². The van der Waals surface area contributed by atoms with E-state index in [4.69, 9.17) is 5.73 Å². The summed E-state index contributed by atoms with van der Waals surface area (Å²) in [7, 11) is 1.27. The van der Waals surface area contributed by atoms with Gasteiger partial charge in [0, 0.05) is 12.1 Å². The van der Waals surface area contributed by atoms with Gasteiger partial charge in [0.05, 0.1) is 19.0 Å². The van der Waals surface area contributed by atoms with Gasteiger partial charge in [0.15, 0.2) is 0 Å². The van der Waals surface area contributed by atoms with E-state index in [1.165, 1.54) is 13.3 Å².